The lowest BCUT2D eigenvalue weighted by Crippen LogP contribution is -2.68. The molecule has 0 aromatic carbocycles. The smallest absolute Gasteiger partial charge is 0.138 e. The van der Waals surface area contributed by atoms with E-state index in [1.54, 1.807) is 0 Å². The Hall–Kier alpha value is -1.54. The van der Waals surface area contributed by atoms with E-state index >= 15 is 0 Å². The molecular weight excluding hydrogens is 344 g/mol. The van der Waals surface area contributed by atoms with E-state index in [0.717, 1.165) is 38.5 Å². The van der Waals surface area contributed by atoms with E-state index in [1.807, 2.05) is 0 Å². The zero-order valence-electron chi connectivity index (χ0n) is 18.6. The quantitative estimate of drug-likeness (QED) is 0.513. The summed E-state index contributed by atoms with van der Waals surface area (Å²) in [5, 5.41) is 0. The Morgan fingerprint density at radius 2 is 1.04 bits per heavy atom. The maximum absolute atomic E-state index is 13.2. The van der Waals surface area contributed by atoms with Crippen LogP contribution in [0.4, 0.5) is 0 Å². The number of rotatable bonds is 0. The number of fused-ring (bicyclic) bond motifs is 4. The molecule has 0 saturated heterocycles. The van der Waals surface area contributed by atoms with E-state index in [1.165, 1.54) is 0 Å². The highest BCUT2D eigenvalue weighted by Crippen LogP contribution is 2.71. The predicted molar refractivity (Wildman–Crippen MR) is 113 cm³/mol. The zero-order valence-corrected chi connectivity index (χ0v) is 18.6. The summed E-state index contributed by atoms with van der Waals surface area (Å²) in [4.78, 5) is 26.4. The number of Topliss-reactive ketones (excluding diaryl/α,β-unsaturated/α-hetero) is 2. The van der Waals surface area contributed by atoms with Crippen molar-refractivity contribution >= 4 is 11.6 Å². The highest BCUT2D eigenvalue weighted by atomic mass is 16.1. The average molecular weight is 381 g/mol. The molecule has 2 nitrogen and oxygen atoms in total. The van der Waals surface area contributed by atoms with Crippen LogP contribution in [0.2, 0.25) is 0 Å². The Morgan fingerprint density at radius 1 is 0.679 bits per heavy atom. The van der Waals surface area contributed by atoms with Crippen LogP contribution in [-0.4, -0.2) is 11.6 Å². The van der Waals surface area contributed by atoms with E-state index in [9.17, 15) is 9.59 Å². The van der Waals surface area contributed by atoms with Crippen LogP contribution in [-0.2, 0) is 9.59 Å². The van der Waals surface area contributed by atoms with Gasteiger partial charge in [0.25, 0.3) is 0 Å². The molecule has 0 radical (unpaired) electrons. The molecule has 0 aliphatic heterocycles. The number of ketones is 2. The Morgan fingerprint density at radius 3 is 1.36 bits per heavy atom. The van der Waals surface area contributed by atoms with Crippen LogP contribution in [0.25, 0.3) is 0 Å². The molecule has 0 aromatic rings. The van der Waals surface area contributed by atoms with Gasteiger partial charge in [-0.2, -0.15) is 0 Å². The second-order valence-corrected chi connectivity index (χ2v) is 11.2. The molecule has 3 saturated carbocycles. The van der Waals surface area contributed by atoms with Crippen LogP contribution in [0, 0.1) is 57.2 Å². The first-order valence-electron chi connectivity index (χ1n) is 11.1. The Labute approximate surface area is 171 Å². The summed E-state index contributed by atoms with van der Waals surface area (Å²) < 4.78 is 0. The Kier molecular flexibility index (Phi) is 5.34. The van der Waals surface area contributed by atoms with E-state index in [2.05, 4.69) is 65.2 Å². The summed E-state index contributed by atoms with van der Waals surface area (Å²) in [6.07, 6.45) is 6.81. The van der Waals surface area contributed by atoms with Gasteiger partial charge in [0, 0.05) is 35.5 Å². The van der Waals surface area contributed by atoms with E-state index < -0.39 is 10.8 Å². The molecule has 2 heteroatoms. The predicted octanol–water partition coefficient (Wildman–Crippen LogP) is 5.59. The largest absolute Gasteiger partial charge is 0.299 e. The maximum Gasteiger partial charge on any atom is 0.138 e. The molecule has 0 N–H and O–H groups in total. The van der Waals surface area contributed by atoms with Gasteiger partial charge in [-0.3, -0.25) is 9.59 Å². The summed E-state index contributed by atoms with van der Waals surface area (Å²) in [6.45, 7) is 12.7. The summed E-state index contributed by atoms with van der Waals surface area (Å²) >= 11 is 0. The van der Waals surface area contributed by atoms with Gasteiger partial charge in [-0.05, 0) is 67.2 Å². The average Bonchev–Trinajstić information content (AvgIpc) is 2.78. The normalized spacial score (nSPS) is 35.6. The molecular formula is C26H36O2. The topological polar surface area (TPSA) is 34.1 Å². The van der Waals surface area contributed by atoms with Gasteiger partial charge >= 0.3 is 0 Å². The van der Waals surface area contributed by atoms with Gasteiger partial charge < -0.3 is 0 Å². The fraction of sp³-hybridized carbons (Fsp3) is 0.769. The van der Waals surface area contributed by atoms with Crippen molar-refractivity contribution in [2.45, 2.75) is 92.9 Å². The second kappa shape index (κ2) is 7.06. The van der Waals surface area contributed by atoms with Crippen LogP contribution < -0.4 is 0 Å². The van der Waals surface area contributed by atoms with Gasteiger partial charge in [-0.15, -0.1) is 0 Å². The maximum atomic E-state index is 13.2. The molecule has 3 rings (SSSR count). The molecule has 152 valence electrons. The fourth-order valence-electron chi connectivity index (χ4n) is 5.53. The third-order valence-corrected chi connectivity index (χ3v) is 6.69. The standard InChI is InChI=1S/C26H36O2/c1-23(2,3)15-17-25-13-9-7-11-19(27)21(25)22-20(28)12-8-10-14-26(22,25)18-16-24(4,5)6/h21-22H,7-14H2,1-6H3/t21-,22-,25-,26-/m1/s1. The molecule has 4 atom stereocenters. The summed E-state index contributed by atoms with van der Waals surface area (Å²) in [5.41, 5.74) is -1.16. The second-order valence-electron chi connectivity index (χ2n) is 11.2. The molecule has 28 heavy (non-hydrogen) atoms. The number of hydrogen-bond donors (Lipinski definition) is 0. The summed E-state index contributed by atoms with van der Waals surface area (Å²) in [5.74, 6) is 14.3. The van der Waals surface area contributed by atoms with Gasteiger partial charge in [0.2, 0.25) is 0 Å². The molecule has 0 amide bonds. The number of carbonyl (C=O) groups excluding carboxylic acids is 2. The number of hydrogen-bond acceptors (Lipinski definition) is 2. The highest BCUT2D eigenvalue weighted by Gasteiger charge is 2.74. The summed E-state index contributed by atoms with van der Waals surface area (Å²) in [7, 11) is 0. The molecule has 3 aliphatic carbocycles. The molecule has 0 spiro atoms. The highest BCUT2D eigenvalue weighted by molar-refractivity contribution is 5.95. The molecule has 0 unspecified atom stereocenters. The lowest BCUT2D eigenvalue weighted by molar-refractivity contribution is -0.173. The zero-order chi connectivity index (χ0) is 20.8. The van der Waals surface area contributed by atoms with Crippen molar-refractivity contribution < 1.29 is 9.59 Å². The number of carbonyl (C=O) groups is 2. The van der Waals surface area contributed by atoms with Crippen molar-refractivity contribution in [3.05, 3.63) is 0 Å². The summed E-state index contributed by atoms with van der Waals surface area (Å²) in [6, 6.07) is 0. The van der Waals surface area contributed by atoms with Crippen LogP contribution in [0.1, 0.15) is 92.9 Å². The van der Waals surface area contributed by atoms with Gasteiger partial charge in [0.15, 0.2) is 0 Å². The first-order valence-corrected chi connectivity index (χ1v) is 11.1. The molecule has 0 heterocycles. The van der Waals surface area contributed by atoms with E-state index in [-0.39, 0.29) is 34.2 Å². The third-order valence-electron chi connectivity index (χ3n) is 6.69. The fourth-order valence-corrected chi connectivity index (χ4v) is 5.53. The SMILES string of the molecule is CC(C)(C)C#C[C@]12CCCCC(=O)[C@@H]1[C@H]1C(=O)CCCC[C@@]12C#CC(C)(C)C. The molecule has 3 fully saturated rings. The minimum atomic E-state index is -0.448. The van der Waals surface area contributed by atoms with Crippen LogP contribution >= 0.6 is 0 Å². The van der Waals surface area contributed by atoms with E-state index in [0.29, 0.717) is 12.8 Å². The van der Waals surface area contributed by atoms with Crippen LogP contribution in [0.15, 0.2) is 0 Å². The lowest BCUT2D eigenvalue weighted by atomic mass is 9.35. The molecule has 0 aromatic heterocycles. The van der Waals surface area contributed by atoms with Crippen molar-refractivity contribution in [3.8, 4) is 23.7 Å². The minimum Gasteiger partial charge on any atom is -0.299 e. The first-order chi connectivity index (χ1) is 12.9. The van der Waals surface area contributed by atoms with Gasteiger partial charge in [0.1, 0.15) is 11.6 Å². The Balaban J connectivity index is 2.25. The van der Waals surface area contributed by atoms with E-state index in [4.69, 9.17) is 0 Å². The first kappa shape index (κ1) is 21.2. The lowest BCUT2D eigenvalue weighted by Gasteiger charge is -2.63. The minimum absolute atomic E-state index is 0.132. The van der Waals surface area contributed by atoms with Crippen LogP contribution in [0.3, 0.4) is 0 Å². The van der Waals surface area contributed by atoms with Gasteiger partial charge in [0.05, 0.1) is 10.8 Å². The van der Waals surface area contributed by atoms with Gasteiger partial charge in [-0.1, -0.05) is 36.5 Å². The Bertz CT molecular complexity index is 715. The van der Waals surface area contributed by atoms with Crippen molar-refractivity contribution in [3.63, 3.8) is 0 Å². The van der Waals surface area contributed by atoms with Crippen molar-refractivity contribution in [2.75, 3.05) is 0 Å². The van der Waals surface area contributed by atoms with Crippen molar-refractivity contribution in [1.82, 2.24) is 0 Å². The molecule has 3 aliphatic rings. The third kappa shape index (κ3) is 3.56. The van der Waals surface area contributed by atoms with Gasteiger partial charge in [-0.25, -0.2) is 0 Å². The molecule has 0 bridgehead atoms. The van der Waals surface area contributed by atoms with Crippen molar-refractivity contribution in [2.24, 2.45) is 33.5 Å². The van der Waals surface area contributed by atoms with Crippen LogP contribution in [0.5, 0.6) is 0 Å². The van der Waals surface area contributed by atoms with Crippen molar-refractivity contribution in [1.29, 1.82) is 0 Å². The monoisotopic (exact) mass is 380 g/mol.